The van der Waals surface area contributed by atoms with Crippen LogP contribution in [0.3, 0.4) is 0 Å². The van der Waals surface area contributed by atoms with Crippen molar-refractivity contribution in [2.75, 3.05) is 7.05 Å². The molecule has 3 heteroatoms. The highest BCUT2D eigenvalue weighted by molar-refractivity contribution is 5.16. The van der Waals surface area contributed by atoms with Crippen molar-refractivity contribution in [2.24, 2.45) is 11.7 Å². The molecule has 1 rings (SSSR count). The Morgan fingerprint density at radius 1 is 1.28 bits per heavy atom. The summed E-state index contributed by atoms with van der Waals surface area (Å²) < 4.78 is 0. The number of likely N-dealkylation sites (N-methyl/N-ethyl adjacent to an activating group) is 1. The lowest BCUT2D eigenvalue weighted by Crippen LogP contribution is -2.42. The summed E-state index contributed by atoms with van der Waals surface area (Å²) >= 11 is 0. The van der Waals surface area contributed by atoms with Crippen LogP contribution in [0, 0.1) is 5.92 Å². The van der Waals surface area contributed by atoms with Crippen molar-refractivity contribution >= 4 is 0 Å². The molecule has 0 aliphatic rings. The Balaban J connectivity index is 2.86. The minimum Gasteiger partial charge on any atom is -0.326 e. The molecule has 1 aromatic heterocycles. The molecule has 18 heavy (non-hydrogen) atoms. The Labute approximate surface area is 111 Å². The van der Waals surface area contributed by atoms with Crippen LogP contribution in [0.25, 0.3) is 0 Å². The average molecular weight is 249 g/mol. The van der Waals surface area contributed by atoms with E-state index in [4.69, 9.17) is 5.73 Å². The van der Waals surface area contributed by atoms with E-state index in [0.717, 1.165) is 0 Å². The first-order valence-electron chi connectivity index (χ1n) is 6.81. The van der Waals surface area contributed by atoms with Gasteiger partial charge in [0.2, 0.25) is 0 Å². The summed E-state index contributed by atoms with van der Waals surface area (Å²) in [5.74, 6) is 0.699. The van der Waals surface area contributed by atoms with E-state index in [1.54, 1.807) is 6.20 Å². The molecule has 0 aliphatic heterocycles. The third-order valence-corrected chi connectivity index (χ3v) is 3.47. The highest BCUT2D eigenvalue weighted by Crippen LogP contribution is 2.25. The molecule has 0 fully saturated rings. The van der Waals surface area contributed by atoms with E-state index in [2.05, 4.69) is 50.7 Å². The number of rotatable bonds is 6. The maximum atomic E-state index is 6.17. The van der Waals surface area contributed by atoms with Gasteiger partial charge in [-0.1, -0.05) is 19.9 Å². The number of nitrogens with two attached hydrogens (primary N) is 1. The molecule has 0 aromatic carbocycles. The first-order valence-corrected chi connectivity index (χ1v) is 6.81. The van der Waals surface area contributed by atoms with Crippen LogP contribution in [-0.2, 0) is 0 Å². The molecular formula is C15H27N3. The van der Waals surface area contributed by atoms with E-state index in [9.17, 15) is 0 Å². The predicted molar refractivity (Wildman–Crippen MR) is 77.3 cm³/mol. The van der Waals surface area contributed by atoms with Gasteiger partial charge in [-0.2, -0.15) is 0 Å². The number of hydrogen-bond donors (Lipinski definition) is 1. The van der Waals surface area contributed by atoms with Gasteiger partial charge in [-0.05, 0) is 44.9 Å². The van der Waals surface area contributed by atoms with Crippen LogP contribution in [0.5, 0.6) is 0 Å². The Hall–Kier alpha value is -0.930. The van der Waals surface area contributed by atoms with Crippen molar-refractivity contribution in [3.8, 4) is 0 Å². The van der Waals surface area contributed by atoms with Gasteiger partial charge in [0.1, 0.15) is 0 Å². The zero-order chi connectivity index (χ0) is 13.7. The summed E-state index contributed by atoms with van der Waals surface area (Å²) in [5, 5.41) is 0. The standard InChI is InChI=1S/C15H27N3/c1-11(2)9-12(3)18(5)15(13(4)16)14-7-6-8-17-10-14/h6-8,10-13,15H,9,16H2,1-5H3. The van der Waals surface area contributed by atoms with Crippen molar-refractivity contribution in [1.82, 2.24) is 9.88 Å². The molecule has 3 nitrogen and oxygen atoms in total. The van der Waals surface area contributed by atoms with Crippen molar-refractivity contribution in [3.05, 3.63) is 30.1 Å². The van der Waals surface area contributed by atoms with Crippen molar-refractivity contribution in [2.45, 2.75) is 52.2 Å². The fourth-order valence-corrected chi connectivity index (χ4v) is 2.58. The third-order valence-electron chi connectivity index (χ3n) is 3.47. The summed E-state index contributed by atoms with van der Waals surface area (Å²) in [6.45, 7) is 8.85. The maximum Gasteiger partial charge on any atom is 0.0511 e. The van der Waals surface area contributed by atoms with Crippen molar-refractivity contribution < 1.29 is 0 Å². The summed E-state index contributed by atoms with van der Waals surface area (Å²) in [7, 11) is 2.16. The fraction of sp³-hybridized carbons (Fsp3) is 0.667. The van der Waals surface area contributed by atoms with E-state index in [0.29, 0.717) is 12.0 Å². The minimum atomic E-state index is 0.0915. The smallest absolute Gasteiger partial charge is 0.0511 e. The van der Waals surface area contributed by atoms with Gasteiger partial charge in [-0.3, -0.25) is 9.88 Å². The lowest BCUT2D eigenvalue weighted by Gasteiger charge is -2.36. The van der Waals surface area contributed by atoms with E-state index in [1.165, 1.54) is 12.0 Å². The van der Waals surface area contributed by atoms with E-state index < -0.39 is 0 Å². The molecule has 0 spiro atoms. The molecule has 0 aliphatic carbocycles. The molecule has 3 unspecified atom stereocenters. The van der Waals surface area contributed by atoms with Gasteiger partial charge < -0.3 is 5.73 Å². The largest absolute Gasteiger partial charge is 0.326 e. The third kappa shape index (κ3) is 4.07. The minimum absolute atomic E-state index is 0.0915. The Morgan fingerprint density at radius 3 is 2.39 bits per heavy atom. The van der Waals surface area contributed by atoms with E-state index >= 15 is 0 Å². The molecule has 102 valence electrons. The monoisotopic (exact) mass is 249 g/mol. The molecule has 0 saturated carbocycles. The number of aromatic nitrogens is 1. The first kappa shape index (κ1) is 15.1. The quantitative estimate of drug-likeness (QED) is 0.843. The SMILES string of the molecule is CC(C)CC(C)N(C)C(c1cccnc1)C(C)N. The van der Waals surface area contributed by atoms with Crippen LogP contribution in [0.4, 0.5) is 0 Å². The molecule has 3 atom stereocenters. The molecule has 0 radical (unpaired) electrons. The summed E-state index contributed by atoms with van der Waals surface area (Å²) in [6, 6.07) is 4.92. The van der Waals surface area contributed by atoms with E-state index in [-0.39, 0.29) is 12.1 Å². The van der Waals surface area contributed by atoms with E-state index in [1.807, 2.05) is 12.3 Å². The van der Waals surface area contributed by atoms with Crippen molar-refractivity contribution in [3.63, 3.8) is 0 Å². The second-order valence-corrected chi connectivity index (χ2v) is 5.73. The van der Waals surface area contributed by atoms with Gasteiger partial charge in [-0.15, -0.1) is 0 Å². The Bertz CT molecular complexity index is 335. The number of hydrogen-bond acceptors (Lipinski definition) is 3. The Morgan fingerprint density at radius 2 is 1.94 bits per heavy atom. The molecule has 0 saturated heterocycles. The van der Waals surface area contributed by atoms with Gasteiger partial charge >= 0.3 is 0 Å². The topological polar surface area (TPSA) is 42.2 Å². The van der Waals surface area contributed by atoms with Crippen LogP contribution < -0.4 is 5.73 Å². The zero-order valence-electron chi connectivity index (χ0n) is 12.3. The molecule has 1 aromatic rings. The van der Waals surface area contributed by atoms with Crippen molar-refractivity contribution in [1.29, 1.82) is 0 Å². The van der Waals surface area contributed by atoms with Crippen LogP contribution >= 0.6 is 0 Å². The van der Waals surface area contributed by atoms with Gasteiger partial charge in [0, 0.05) is 24.5 Å². The summed E-state index contributed by atoms with van der Waals surface area (Å²) in [4.78, 5) is 6.59. The summed E-state index contributed by atoms with van der Waals surface area (Å²) in [6.07, 6.45) is 4.91. The maximum absolute atomic E-state index is 6.17. The van der Waals surface area contributed by atoms with Gasteiger partial charge in [0.15, 0.2) is 0 Å². The van der Waals surface area contributed by atoms with Gasteiger partial charge in [0.25, 0.3) is 0 Å². The molecule has 0 bridgehead atoms. The highest BCUT2D eigenvalue weighted by Gasteiger charge is 2.25. The van der Waals surface area contributed by atoms with Gasteiger partial charge in [-0.25, -0.2) is 0 Å². The highest BCUT2D eigenvalue weighted by atomic mass is 15.2. The molecule has 2 N–H and O–H groups in total. The normalized spacial score (nSPS) is 16.9. The predicted octanol–water partition coefficient (Wildman–Crippen LogP) is 2.84. The van der Waals surface area contributed by atoms with Crippen LogP contribution in [0.1, 0.15) is 45.7 Å². The second-order valence-electron chi connectivity index (χ2n) is 5.73. The lowest BCUT2D eigenvalue weighted by molar-refractivity contribution is 0.148. The van der Waals surface area contributed by atoms with Crippen LogP contribution in [0.15, 0.2) is 24.5 Å². The number of pyridine rings is 1. The Kier molecular flexibility index (Phi) is 5.76. The summed E-state index contributed by atoms with van der Waals surface area (Å²) in [5.41, 5.74) is 7.37. The number of nitrogens with zero attached hydrogens (tertiary/aromatic N) is 2. The first-order chi connectivity index (χ1) is 8.43. The fourth-order valence-electron chi connectivity index (χ4n) is 2.58. The zero-order valence-corrected chi connectivity index (χ0v) is 12.3. The molecular weight excluding hydrogens is 222 g/mol. The molecule has 1 heterocycles. The lowest BCUT2D eigenvalue weighted by atomic mass is 9.97. The van der Waals surface area contributed by atoms with Crippen LogP contribution in [-0.4, -0.2) is 29.0 Å². The van der Waals surface area contributed by atoms with Crippen LogP contribution in [0.2, 0.25) is 0 Å². The van der Waals surface area contributed by atoms with Gasteiger partial charge in [0.05, 0.1) is 6.04 Å². The second kappa shape index (κ2) is 6.86. The average Bonchev–Trinajstić information content (AvgIpc) is 2.29. The molecule has 0 amide bonds.